The molecule has 0 saturated heterocycles. The number of amides is 1. The Morgan fingerprint density at radius 2 is 1.70 bits per heavy atom. The fourth-order valence-corrected chi connectivity index (χ4v) is 1.61. The Balaban J connectivity index is 2.29. The minimum atomic E-state index is -1.27. The number of hydrogen-bond donors (Lipinski definition) is 3. The first-order valence-corrected chi connectivity index (χ1v) is 5.60. The van der Waals surface area contributed by atoms with Gasteiger partial charge in [-0.15, -0.1) is 0 Å². The lowest BCUT2D eigenvalue weighted by molar-refractivity contribution is 0.0698. The molecule has 2 aromatic rings. The smallest absolute Gasteiger partial charge is 0.337 e. The Kier molecular flexibility index (Phi) is 3.65. The predicted octanol–water partition coefficient (Wildman–Crippen LogP) is 2.48. The summed E-state index contributed by atoms with van der Waals surface area (Å²) in [6, 6.07) is 8.37. The molecule has 6 heteroatoms. The number of halogens is 1. The van der Waals surface area contributed by atoms with Gasteiger partial charge in [-0.3, -0.25) is 4.79 Å². The second-order valence-corrected chi connectivity index (χ2v) is 4.00. The van der Waals surface area contributed by atoms with Crippen molar-refractivity contribution in [1.29, 1.82) is 0 Å². The van der Waals surface area contributed by atoms with Gasteiger partial charge in [0.25, 0.3) is 5.91 Å². The minimum Gasteiger partial charge on any atom is -0.508 e. The highest BCUT2D eigenvalue weighted by Gasteiger charge is 2.14. The number of phenolic OH excluding ortho intramolecular Hbond substituents is 1. The van der Waals surface area contributed by atoms with Crippen LogP contribution in [0.2, 0.25) is 0 Å². The number of anilines is 1. The summed E-state index contributed by atoms with van der Waals surface area (Å²) in [5.74, 6) is -2.53. The number of carboxylic acids is 1. The number of aromatic carboxylic acids is 1. The lowest BCUT2D eigenvalue weighted by Crippen LogP contribution is -2.15. The van der Waals surface area contributed by atoms with Crippen LogP contribution in [0, 0.1) is 5.82 Å². The second kappa shape index (κ2) is 5.40. The summed E-state index contributed by atoms with van der Waals surface area (Å²) < 4.78 is 13.1. The molecule has 0 aromatic heterocycles. The van der Waals surface area contributed by atoms with Crippen LogP contribution in [0.1, 0.15) is 20.7 Å². The van der Waals surface area contributed by atoms with E-state index in [1.807, 2.05) is 0 Å². The van der Waals surface area contributed by atoms with Gasteiger partial charge in [0.2, 0.25) is 0 Å². The van der Waals surface area contributed by atoms with Crippen molar-refractivity contribution < 1.29 is 24.2 Å². The van der Waals surface area contributed by atoms with Crippen LogP contribution in [-0.2, 0) is 0 Å². The molecule has 0 spiro atoms. The Morgan fingerprint density at radius 3 is 2.30 bits per heavy atom. The Bertz CT molecular complexity index is 667. The predicted molar refractivity (Wildman–Crippen MR) is 69.4 cm³/mol. The minimum absolute atomic E-state index is 0.00136. The molecule has 0 aliphatic rings. The van der Waals surface area contributed by atoms with Crippen molar-refractivity contribution in [2.75, 3.05) is 5.32 Å². The van der Waals surface area contributed by atoms with E-state index in [4.69, 9.17) is 10.2 Å². The highest BCUT2D eigenvalue weighted by molar-refractivity contribution is 6.07. The topological polar surface area (TPSA) is 86.6 Å². The zero-order valence-electron chi connectivity index (χ0n) is 10.1. The molecular formula is C14H10FNO4. The third kappa shape index (κ3) is 2.92. The van der Waals surface area contributed by atoms with E-state index in [2.05, 4.69) is 5.32 Å². The number of phenols is 1. The van der Waals surface area contributed by atoms with Crippen molar-refractivity contribution in [1.82, 2.24) is 0 Å². The molecule has 2 aromatic carbocycles. The number of aromatic hydroxyl groups is 1. The van der Waals surface area contributed by atoms with Gasteiger partial charge in [0.1, 0.15) is 11.6 Å². The third-order valence-electron chi connectivity index (χ3n) is 2.59. The van der Waals surface area contributed by atoms with Gasteiger partial charge in [0.15, 0.2) is 0 Å². The van der Waals surface area contributed by atoms with E-state index < -0.39 is 17.7 Å². The van der Waals surface area contributed by atoms with Gasteiger partial charge in [0, 0.05) is 5.56 Å². The Morgan fingerprint density at radius 1 is 1.05 bits per heavy atom. The average Bonchev–Trinajstić information content (AvgIpc) is 2.39. The van der Waals surface area contributed by atoms with Crippen LogP contribution in [0.3, 0.4) is 0 Å². The van der Waals surface area contributed by atoms with Crippen molar-refractivity contribution in [2.45, 2.75) is 0 Å². The molecule has 102 valence electrons. The third-order valence-corrected chi connectivity index (χ3v) is 2.59. The van der Waals surface area contributed by atoms with E-state index in [1.165, 1.54) is 24.3 Å². The Labute approximate surface area is 113 Å². The number of nitrogens with one attached hydrogen (secondary N) is 1. The first-order valence-electron chi connectivity index (χ1n) is 5.60. The summed E-state index contributed by atoms with van der Waals surface area (Å²) in [6.07, 6.45) is 0. The van der Waals surface area contributed by atoms with Crippen molar-refractivity contribution >= 4 is 17.6 Å². The lowest BCUT2D eigenvalue weighted by Gasteiger charge is -2.08. The maximum Gasteiger partial charge on any atom is 0.337 e. The largest absolute Gasteiger partial charge is 0.508 e. The molecule has 0 aliphatic heterocycles. The van der Waals surface area contributed by atoms with E-state index in [9.17, 15) is 14.0 Å². The molecule has 0 heterocycles. The maximum atomic E-state index is 13.1. The summed E-state index contributed by atoms with van der Waals surface area (Å²) in [6.45, 7) is 0. The molecule has 0 atom stereocenters. The standard InChI is InChI=1S/C14H10FNO4/c15-9-3-6-11(14(19)20)12(7-9)16-13(18)8-1-4-10(17)5-2-8/h1-7,17H,(H,16,18)(H,19,20). The van der Waals surface area contributed by atoms with Crippen LogP contribution in [-0.4, -0.2) is 22.1 Å². The zero-order chi connectivity index (χ0) is 14.7. The molecule has 20 heavy (non-hydrogen) atoms. The first-order chi connectivity index (χ1) is 9.47. The summed E-state index contributed by atoms with van der Waals surface area (Å²) in [5.41, 5.74) is -0.127. The van der Waals surface area contributed by atoms with E-state index in [1.54, 1.807) is 0 Å². The molecule has 1 amide bonds. The van der Waals surface area contributed by atoms with Crippen LogP contribution >= 0.6 is 0 Å². The zero-order valence-corrected chi connectivity index (χ0v) is 10.1. The van der Waals surface area contributed by atoms with Crippen molar-refractivity contribution in [2.24, 2.45) is 0 Å². The molecule has 5 nitrogen and oxygen atoms in total. The molecule has 0 fully saturated rings. The van der Waals surface area contributed by atoms with Gasteiger partial charge >= 0.3 is 5.97 Å². The summed E-state index contributed by atoms with van der Waals surface area (Å²) in [7, 11) is 0. The van der Waals surface area contributed by atoms with Gasteiger partial charge in [-0.05, 0) is 42.5 Å². The molecule has 0 aliphatic carbocycles. The van der Waals surface area contributed by atoms with Crippen LogP contribution in [0.5, 0.6) is 5.75 Å². The van der Waals surface area contributed by atoms with Gasteiger partial charge < -0.3 is 15.5 Å². The fourth-order valence-electron chi connectivity index (χ4n) is 1.61. The van der Waals surface area contributed by atoms with Crippen LogP contribution in [0.4, 0.5) is 10.1 Å². The van der Waals surface area contributed by atoms with Gasteiger partial charge in [-0.25, -0.2) is 9.18 Å². The van der Waals surface area contributed by atoms with Gasteiger partial charge in [0.05, 0.1) is 11.3 Å². The molecule has 3 N–H and O–H groups in total. The molecular weight excluding hydrogens is 265 g/mol. The number of rotatable bonds is 3. The molecule has 0 saturated carbocycles. The quantitative estimate of drug-likeness (QED) is 0.803. The molecule has 2 rings (SSSR count). The SMILES string of the molecule is O=C(Nc1cc(F)ccc1C(=O)O)c1ccc(O)cc1. The van der Waals surface area contributed by atoms with Crippen LogP contribution < -0.4 is 5.32 Å². The Hall–Kier alpha value is -2.89. The fraction of sp³-hybridized carbons (Fsp3) is 0. The number of benzene rings is 2. The van der Waals surface area contributed by atoms with E-state index in [0.717, 1.165) is 18.2 Å². The van der Waals surface area contributed by atoms with Gasteiger partial charge in [-0.2, -0.15) is 0 Å². The number of carbonyl (C=O) groups excluding carboxylic acids is 1. The van der Waals surface area contributed by atoms with Crippen LogP contribution in [0.15, 0.2) is 42.5 Å². The summed E-state index contributed by atoms with van der Waals surface area (Å²) in [5, 5.41) is 20.4. The second-order valence-electron chi connectivity index (χ2n) is 4.00. The first kappa shape index (κ1) is 13.5. The monoisotopic (exact) mass is 275 g/mol. The summed E-state index contributed by atoms with van der Waals surface area (Å²) in [4.78, 5) is 22.9. The molecule has 0 radical (unpaired) electrons. The average molecular weight is 275 g/mol. The molecule has 0 unspecified atom stereocenters. The number of carboxylic acid groups (broad SMARTS) is 1. The van der Waals surface area contributed by atoms with E-state index >= 15 is 0 Å². The van der Waals surface area contributed by atoms with Crippen molar-refractivity contribution in [3.8, 4) is 5.75 Å². The highest BCUT2D eigenvalue weighted by Crippen LogP contribution is 2.19. The van der Waals surface area contributed by atoms with Crippen molar-refractivity contribution in [3.05, 3.63) is 59.4 Å². The normalized spacial score (nSPS) is 10.1. The van der Waals surface area contributed by atoms with E-state index in [-0.39, 0.29) is 22.6 Å². The van der Waals surface area contributed by atoms with Crippen LogP contribution in [0.25, 0.3) is 0 Å². The van der Waals surface area contributed by atoms with E-state index in [0.29, 0.717) is 0 Å². The summed E-state index contributed by atoms with van der Waals surface area (Å²) >= 11 is 0. The highest BCUT2D eigenvalue weighted by atomic mass is 19.1. The molecule has 0 bridgehead atoms. The lowest BCUT2D eigenvalue weighted by atomic mass is 10.1. The van der Waals surface area contributed by atoms with Gasteiger partial charge in [-0.1, -0.05) is 0 Å². The number of carbonyl (C=O) groups is 2. The van der Waals surface area contributed by atoms with Crippen molar-refractivity contribution in [3.63, 3.8) is 0 Å². The maximum absolute atomic E-state index is 13.1. The number of hydrogen-bond acceptors (Lipinski definition) is 3.